The predicted octanol–water partition coefficient (Wildman–Crippen LogP) is 2.01. The highest BCUT2D eigenvalue weighted by Gasteiger charge is 2.44. The number of hydrogen-bond donors (Lipinski definition) is 2. The monoisotopic (exact) mass is 390 g/mol. The van der Waals surface area contributed by atoms with Gasteiger partial charge in [0.1, 0.15) is 12.1 Å². The Kier molecular flexibility index (Phi) is 6.07. The molecule has 2 aliphatic carbocycles. The molecule has 2 atom stereocenters. The number of rotatable bonds is 3. The van der Waals surface area contributed by atoms with Gasteiger partial charge < -0.3 is 20.4 Å². The average molecular weight is 391 g/mol. The van der Waals surface area contributed by atoms with Gasteiger partial charge in [0.2, 0.25) is 11.8 Å². The predicted molar refractivity (Wildman–Crippen MR) is 106 cm³/mol. The molecule has 0 spiro atoms. The molecular weight excluding hydrogens is 356 g/mol. The van der Waals surface area contributed by atoms with Gasteiger partial charge in [-0.1, -0.05) is 51.4 Å². The van der Waals surface area contributed by atoms with Crippen LogP contribution in [0.1, 0.15) is 70.6 Å². The van der Waals surface area contributed by atoms with E-state index in [0.717, 1.165) is 32.1 Å². The number of piperazine rings is 2. The van der Waals surface area contributed by atoms with E-state index < -0.39 is 6.04 Å². The zero-order valence-electron chi connectivity index (χ0n) is 16.8. The summed E-state index contributed by atoms with van der Waals surface area (Å²) in [5, 5.41) is 6.09. The largest absolute Gasteiger partial charge is 0.342 e. The minimum Gasteiger partial charge on any atom is -0.342 e. The Hall–Kier alpha value is -1.79. The lowest BCUT2D eigenvalue weighted by atomic mass is 9.84. The maximum Gasteiger partial charge on any atom is 0.317 e. The topological polar surface area (TPSA) is 81.8 Å². The number of hydrogen-bond acceptors (Lipinski definition) is 3. The van der Waals surface area contributed by atoms with Crippen molar-refractivity contribution in [2.24, 2.45) is 5.92 Å². The van der Waals surface area contributed by atoms with Crippen molar-refractivity contribution in [2.75, 3.05) is 19.6 Å². The van der Waals surface area contributed by atoms with Gasteiger partial charge in [0, 0.05) is 19.1 Å². The van der Waals surface area contributed by atoms with E-state index >= 15 is 0 Å². The molecular formula is C21H34N4O3. The minimum atomic E-state index is -0.541. The van der Waals surface area contributed by atoms with Gasteiger partial charge in [-0.25, -0.2) is 4.79 Å². The number of amides is 4. The first-order valence-corrected chi connectivity index (χ1v) is 11.3. The van der Waals surface area contributed by atoms with E-state index in [1.165, 1.54) is 38.5 Å². The van der Waals surface area contributed by atoms with Gasteiger partial charge in [0.05, 0.1) is 6.54 Å². The highest BCUT2D eigenvalue weighted by molar-refractivity contribution is 5.97. The van der Waals surface area contributed by atoms with Crippen LogP contribution in [0.25, 0.3) is 0 Å². The fourth-order valence-corrected chi connectivity index (χ4v) is 5.41. The summed E-state index contributed by atoms with van der Waals surface area (Å²) in [5.74, 6) is 0.486. The lowest BCUT2D eigenvalue weighted by Gasteiger charge is -2.46. The molecule has 2 unspecified atom stereocenters. The van der Waals surface area contributed by atoms with E-state index in [2.05, 4.69) is 10.6 Å². The Morgan fingerprint density at radius 2 is 1.64 bits per heavy atom. The lowest BCUT2D eigenvalue weighted by Crippen LogP contribution is -2.70. The summed E-state index contributed by atoms with van der Waals surface area (Å²) in [6, 6.07) is -0.757. The van der Waals surface area contributed by atoms with Crippen LogP contribution in [0.4, 0.5) is 4.79 Å². The fourth-order valence-electron chi connectivity index (χ4n) is 5.41. The third-order valence-corrected chi connectivity index (χ3v) is 7.09. The number of urea groups is 1. The molecule has 4 amide bonds. The van der Waals surface area contributed by atoms with Crippen LogP contribution in [-0.2, 0) is 9.59 Å². The Labute approximate surface area is 167 Å². The zero-order valence-corrected chi connectivity index (χ0v) is 16.8. The summed E-state index contributed by atoms with van der Waals surface area (Å²) < 4.78 is 0. The molecule has 2 saturated heterocycles. The van der Waals surface area contributed by atoms with Crippen LogP contribution in [0.15, 0.2) is 0 Å². The summed E-state index contributed by atoms with van der Waals surface area (Å²) >= 11 is 0. The second kappa shape index (κ2) is 8.70. The Morgan fingerprint density at radius 3 is 2.36 bits per heavy atom. The second-order valence-corrected chi connectivity index (χ2v) is 9.08. The molecule has 4 fully saturated rings. The van der Waals surface area contributed by atoms with Gasteiger partial charge in [-0.15, -0.1) is 0 Å². The molecule has 4 rings (SSSR count). The standard InChI is InChI=1S/C21H34N4O3/c26-19-18-14-24(21(28)22-16-9-5-2-6-10-16)11-12-25(18)20(27)17(23-19)13-15-7-3-1-4-8-15/h15-18H,1-14H2,(H,22,28)(H,23,26). The Bertz CT molecular complexity index is 598. The quantitative estimate of drug-likeness (QED) is 0.773. The van der Waals surface area contributed by atoms with Gasteiger partial charge >= 0.3 is 6.03 Å². The first kappa shape index (κ1) is 19.5. The normalized spacial score (nSPS) is 30.0. The van der Waals surface area contributed by atoms with Crippen molar-refractivity contribution >= 4 is 17.8 Å². The third-order valence-electron chi connectivity index (χ3n) is 7.09. The van der Waals surface area contributed by atoms with Crippen LogP contribution in [0.3, 0.4) is 0 Å². The van der Waals surface area contributed by atoms with Crippen LogP contribution in [-0.4, -0.2) is 65.4 Å². The highest BCUT2D eigenvalue weighted by Crippen LogP contribution is 2.29. The van der Waals surface area contributed by atoms with Gasteiger partial charge in [0.15, 0.2) is 0 Å². The molecule has 0 aromatic carbocycles. The molecule has 4 aliphatic rings. The molecule has 0 aromatic heterocycles. The highest BCUT2D eigenvalue weighted by atomic mass is 16.2. The number of carbonyl (C=O) groups is 3. The molecule has 28 heavy (non-hydrogen) atoms. The summed E-state index contributed by atoms with van der Waals surface area (Å²) in [6.45, 7) is 1.26. The molecule has 2 saturated carbocycles. The Morgan fingerprint density at radius 1 is 0.964 bits per heavy atom. The van der Waals surface area contributed by atoms with Crippen molar-refractivity contribution < 1.29 is 14.4 Å². The van der Waals surface area contributed by atoms with Crippen LogP contribution < -0.4 is 10.6 Å². The second-order valence-electron chi connectivity index (χ2n) is 9.08. The molecule has 2 N–H and O–H groups in total. The molecule has 0 bridgehead atoms. The third kappa shape index (κ3) is 4.28. The van der Waals surface area contributed by atoms with Crippen LogP contribution in [0.5, 0.6) is 0 Å². The molecule has 2 aliphatic heterocycles. The molecule has 7 heteroatoms. The van der Waals surface area contributed by atoms with Gasteiger partial charge in [-0.2, -0.15) is 0 Å². The van der Waals surface area contributed by atoms with Gasteiger partial charge in [-0.3, -0.25) is 9.59 Å². The first-order chi connectivity index (χ1) is 13.6. The number of nitrogens with one attached hydrogen (secondary N) is 2. The zero-order chi connectivity index (χ0) is 19.5. The average Bonchev–Trinajstić information content (AvgIpc) is 2.73. The molecule has 2 heterocycles. The summed E-state index contributed by atoms with van der Waals surface area (Å²) in [7, 11) is 0. The maximum absolute atomic E-state index is 13.0. The van der Waals surface area contributed by atoms with Crippen molar-refractivity contribution in [3.63, 3.8) is 0 Å². The van der Waals surface area contributed by atoms with Crippen molar-refractivity contribution in [1.82, 2.24) is 20.4 Å². The van der Waals surface area contributed by atoms with Crippen molar-refractivity contribution in [2.45, 2.75) is 88.8 Å². The van der Waals surface area contributed by atoms with Crippen molar-refractivity contribution in [1.29, 1.82) is 0 Å². The minimum absolute atomic E-state index is 0.0440. The summed E-state index contributed by atoms with van der Waals surface area (Å²) in [4.78, 5) is 41.8. The molecule has 0 radical (unpaired) electrons. The lowest BCUT2D eigenvalue weighted by molar-refractivity contribution is -0.152. The Balaban J connectivity index is 1.32. The van der Waals surface area contributed by atoms with E-state index in [9.17, 15) is 14.4 Å². The number of fused-ring (bicyclic) bond motifs is 1. The smallest absolute Gasteiger partial charge is 0.317 e. The van der Waals surface area contributed by atoms with Gasteiger partial charge in [-0.05, 0) is 25.2 Å². The van der Waals surface area contributed by atoms with Crippen LogP contribution in [0, 0.1) is 5.92 Å². The molecule has 0 aromatic rings. The number of carbonyl (C=O) groups excluding carboxylic acids is 3. The molecule has 7 nitrogen and oxygen atoms in total. The van der Waals surface area contributed by atoms with Gasteiger partial charge in [0.25, 0.3) is 0 Å². The molecule has 156 valence electrons. The van der Waals surface area contributed by atoms with E-state index in [0.29, 0.717) is 25.6 Å². The van der Waals surface area contributed by atoms with E-state index in [1.54, 1.807) is 9.80 Å². The fraction of sp³-hybridized carbons (Fsp3) is 0.857. The number of nitrogens with zero attached hydrogens (tertiary/aromatic N) is 2. The SMILES string of the molecule is O=C1NC(CC2CCCCC2)C(=O)N2CCN(C(=O)NC3CCCCC3)CC12. The van der Waals surface area contributed by atoms with Crippen LogP contribution in [0.2, 0.25) is 0 Å². The maximum atomic E-state index is 13.0. The van der Waals surface area contributed by atoms with Crippen LogP contribution >= 0.6 is 0 Å². The van der Waals surface area contributed by atoms with E-state index in [-0.39, 0.29) is 29.9 Å². The van der Waals surface area contributed by atoms with Crippen molar-refractivity contribution in [3.05, 3.63) is 0 Å². The summed E-state index contributed by atoms with van der Waals surface area (Å²) in [5.41, 5.74) is 0. The van der Waals surface area contributed by atoms with E-state index in [1.807, 2.05) is 0 Å². The van der Waals surface area contributed by atoms with Crippen molar-refractivity contribution in [3.8, 4) is 0 Å². The first-order valence-electron chi connectivity index (χ1n) is 11.3. The van der Waals surface area contributed by atoms with E-state index in [4.69, 9.17) is 0 Å². The summed E-state index contributed by atoms with van der Waals surface area (Å²) in [6.07, 6.45) is 12.5.